The molecule has 10 heavy (non-hydrogen) atoms. The molecule has 1 saturated heterocycles. The topological polar surface area (TPSA) is 72.2 Å². The van der Waals surface area contributed by atoms with Crippen molar-refractivity contribution in [3.63, 3.8) is 0 Å². The summed E-state index contributed by atoms with van der Waals surface area (Å²) in [5, 5.41) is 2.62. The molecule has 1 fully saturated rings. The highest BCUT2D eigenvalue weighted by molar-refractivity contribution is 7.92. The van der Waals surface area contributed by atoms with Gasteiger partial charge in [0.15, 0.2) is 9.84 Å². The van der Waals surface area contributed by atoms with Gasteiger partial charge >= 0.3 is 0 Å². The second-order valence-electron chi connectivity index (χ2n) is 2.43. The van der Waals surface area contributed by atoms with E-state index in [4.69, 9.17) is 5.73 Å². The van der Waals surface area contributed by atoms with Gasteiger partial charge in [0.2, 0.25) is 0 Å². The predicted octanol–water partition coefficient (Wildman–Crippen LogP) is -1.67. The maximum absolute atomic E-state index is 11.1. The van der Waals surface area contributed by atoms with E-state index in [-0.39, 0.29) is 17.5 Å². The summed E-state index contributed by atoms with van der Waals surface area (Å²) in [5.41, 5.74) is 5.26. The molecule has 1 rings (SSSR count). The Morgan fingerprint density at radius 2 is 2.30 bits per heavy atom. The van der Waals surface area contributed by atoms with Gasteiger partial charge in [0.1, 0.15) is 0 Å². The number of rotatable bonds is 1. The van der Waals surface area contributed by atoms with Crippen molar-refractivity contribution in [2.24, 2.45) is 5.73 Å². The summed E-state index contributed by atoms with van der Waals surface area (Å²) in [5.74, 6) is 0.231. The van der Waals surface area contributed by atoms with Crippen LogP contribution in [0.4, 0.5) is 0 Å². The second kappa shape index (κ2) is 2.86. The fraction of sp³-hybridized carbons (Fsp3) is 1.00. The lowest BCUT2D eigenvalue weighted by Crippen LogP contribution is -2.47. The lowest BCUT2D eigenvalue weighted by molar-refractivity contribution is 0.547. The van der Waals surface area contributed by atoms with E-state index in [0.717, 1.165) is 0 Å². The van der Waals surface area contributed by atoms with E-state index >= 15 is 0 Å². The number of hydrogen-bond acceptors (Lipinski definition) is 4. The van der Waals surface area contributed by atoms with Crippen LogP contribution < -0.4 is 11.1 Å². The molecule has 0 aromatic rings. The molecule has 0 spiro atoms. The highest BCUT2D eigenvalue weighted by Crippen LogP contribution is 2.03. The van der Waals surface area contributed by atoms with Crippen molar-refractivity contribution in [1.29, 1.82) is 0 Å². The molecule has 0 aliphatic carbocycles. The lowest BCUT2D eigenvalue weighted by atomic mass is 10.4. The molecule has 4 nitrogen and oxygen atoms in total. The third kappa shape index (κ3) is 1.47. The summed E-state index contributed by atoms with van der Waals surface area (Å²) in [6, 6.07) is 0. The Labute approximate surface area is 60.7 Å². The van der Waals surface area contributed by atoms with Crippen LogP contribution in [0, 0.1) is 0 Å². The Hall–Kier alpha value is -0.130. The molecule has 5 heteroatoms. The number of nitrogens with one attached hydrogen (secondary N) is 1. The Kier molecular flexibility index (Phi) is 2.28. The van der Waals surface area contributed by atoms with E-state index < -0.39 is 9.84 Å². The van der Waals surface area contributed by atoms with E-state index in [2.05, 4.69) is 5.32 Å². The fourth-order valence-electron chi connectivity index (χ4n) is 1.00. The van der Waals surface area contributed by atoms with Crippen molar-refractivity contribution < 1.29 is 8.42 Å². The molecule has 0 aromatic carbocycles. The van der Waals surface area contributed by atoms with Crippen molar-refractivity contribution in [3.05, 3.63) is 0 Å². The zero-order chi connectivity index (χ0) is 7.61. The van der Waals surface area contributed by atoms with Gasteiger partial charge in [0, 0.05) is 19.6 Å². The minimum atomic E-state index is -2.86. The molecular weight excluding hydrogens is 152 g/mol. The largest absolute Gasteiger partial charge is 0.329 e. The first-order chi connectivity index (χ1) is 4.67. The molecule has 0 bridgehead atoms. The third-order valence-corrected chi connectivity index (χ3v) is 3.85. The van der Waals surface area contributed by atoms with E-state index in [1.165, 1.54) is 0 Å². The van der Waals surface area contributed by atoms with Gasteiger partial charge in [0.05, 0.1) is 11.0 Å². The number of hydrogen-bond donors (Lipinski definition) is 2. The van der Waals surface area contributed by atoms with E-state index in [1.807, 2.05) is 0 Å². The van der Waals surface area contributed by atoms with Gasteiger partial charge in [-0.3, -0.25) is 0 Å². The molecule has 0 aromatic heterocycles. The summed E-state index contributed by atoms with van der Waals surface area (Å²) in [4.78, 5) is 0. The van der Waals surface area contributed by atoms with Gasteiger partial charge in [-0.2, -0.15) is 0 Å². The Morgan fingerprint density at radius 3 is 2.70 bits per heavy atom. The Bertz CT molecular complexity index is 200. The lowest BCUT2D eigenvalue weighted by Gasteiger charge is -2.21. The molecule has 1 aliphatic heterocycles. The molecule has 1 unspecified atom stereocenters. The van der Waals surface area contributed by atoms with Gasteiger partial charge in [-0.15, -0.1) is 0 Å². The average molecular weight is 164 g/mol. The summed E-state index contributed by atoms with van der Waals surface area (Å²) in [7, 11) is -2.86. The van der Waals surface area contributed by atoms with Gasteiger partial charge in [-0.1, -0.05) is 0 Å². The van der Waals surface area contributed by atoms with Crippen molar-refractivity contribution in [3.8, 4) is 0 Å². The molecule has 1 heterocycles. The van der Waals surface area contributed by atoms with Crippen LogP contribution in [0.15, 0.2) is 0 Å². The van der Waals surface area contributed by atoms with Gasteiger partial charge in [0.25, 0.3) is 0 Å². The first-order valence-corrected chi connectivity index (χ1v) is 5.00. The molecule has 1 atom stereocenters. The predicted molar refractivity (Wildman–Crippen MR) is 39.5 cm³/mol. The monoisotopic (exact) mass is 164 g/mol. The number of sulfone groups is 1. The first-order valence-electron chi connectivity index (χ1n) is 3.29. The second-order valence-corrected chi connectivity index (χ2v) is 4.83. The highest BCUT2D eigenvalue weighted by atomic mass is 32.2. The summed E-state index contributed by atoms with van der Waals surface area (Å²) < 4.78 is 22.2. The summed E-state index contributed by atoms with van der Waals surface area (Å²) >= 11 is 0. The van der Waals surface area contributed by atoms with Gasteiger partial charge in [-0.05, 0) is 0 Å². The molecule has 3 N–H and O–H groups in total. The van der Waals surface area contributed by atoms with Crippen molar-refractivity contribution in [2.45, 2.75) is 5.25 Å². The molecule has 0 amide bonds. The highest BCUT2D eigenvalue weighted by Gasteiger charge is 2.26. The minimum absolute atomic E-state index is 0.231. The van der Waals surface area contributed by atoms with Crippen LogP contribution in [0.5, 0.6) is 0 Å². The molecule has 0 radical (unpaired) electrons. The summed E-state index contributed by atoms with van der Waals surface area (Å²) in [6.07, 6.45) is 0. The minimum Gasteiger partial charge on any atom is -0.329 e. The van der Waals surface area contributed by atoms with Crippen LogP contribution in [-0.4, -0.2) is 39.1 Å². The summed E-state index contributed by atoms with van der Waals surface area (Å²) in [6.45, 7) is 1.31. The van der Waals surface area contributed by atoms with E-state index in [1.54, 1.807) is 0 Å². The van der Waals surface area contributed by atoms with Crippen LogP contribution in [0.2, 0.25) is 0 Å². The molecule has 0 saturated carbocycles. The molecular formula is C5H12N2O2S. The van der Waals surface area contributed by atoms with Crippen LogP contribution in [0.1, 0.15) is 0 Å². The van der Waals surface area contributed by atoms with Gasteiger partial charge < -0.3 is 11.1 Å². The van der Waals surface area contributed by atoms with Gasteiger partial charge in [-0.25, -0.2) is 8.42 Å². The smallest absolute Gasteiger partial charge is 0.156 e. The fourth-order valence-corrected chi connectivity index (χ4v) is 2.43. The zero-order valence-electron chi connectivity index (χ0n) is 5.71. The molecule has 60 valence electrons. The maximum Gasteiger partial charge on any atom is 0.156 e. The molecule has 1 aliphatic rings. The van der Waals surface area contributed by atoms with Crippen LogP contribution in [-0.2, 0) is 9.84 Å². The van der Waals surface area contributed by atoms with Crippen LogP contribution in [0.25, 0.3) is 0 Å². The Morgan fingerprint density at radius 1 is 1.60 bits per heavy atom. The van der Waals surface area contributed by atoms with E-state index in [9.17, 15) is 8.42 Å². The zero-order valence-corrected chi connectivity index (χ0v) is 6.52. The number of nitrogens with two attached hydrogens (primary N) is 1. The van der Waals surface area contributed by atoms with Crippen LogP contribution >= 0.6 is 0 Å². The maximum atomic E-state index is 11.1. The quantitative estimate of drug-likeness (QED) is 0.486. The Balaban J connectivity index is 2.70. The van der Waals surface area contributed by atoms with Crippen molar-refractivity contribution >= 4 is 9.84 Å². The average Bonchev–Trinajstić information content (AvgIpc) is 1.87. The van der Waals surface area contributed by atoms with E-state index in [0.29, 0.717) is 13.1 Å². The SMILES string of the molecule is NCC1CNCCS1(=O)=O. The standard InChI is InChI=1S/C5H12N2O2S/c6-3-5-4-7-1-2-10(5,8)9/h5,7H,1-4,6H2. The third-order valence-electron chi connectivity index (χ3n) is 1.71. The first kappa shape index (κ1) is 7.97. The van der Waals surface area contributed by atoms with Crippen molar-refractivity contribution in [2.75, 3.05) is 25.4 Å². The van der Waals surface area contributed by atoms with Crippen molar-refractivity contribution in [1.82, 2.24) is 5.32 Å². The van der Waals surface area contributed by atoms with Crippen LogP contribution in [0.3, 0.4) is 0 Å². The normalized spacial score (nSPS) is 31.9.